The Labute approximate surface area is 102 Å². The molecule has 3 atom stereocenters. The molecular weight excluding hydrogens is 220 g/mol. The fraction of sp³-hybridized carbons (Fsp3) is 0.833. The van der Waals surface area contributed by atoms with Gasteiger partial charge in [-0.3, -0.25) is 4.79 Å². The van der Waals surface area contributed by atoms with Crippen LogP contribution in [-0.2, 0) is 9.59 Å². The zero-order valence-electron chi connectivity index (χ0n) is 10.5. The zero-order chi connectivity index (χ0) is 12.8. The van der Waals surface area contributed by atoms with E-state index in [-0.39, 0.29) is 17.9 Å². The SMILES string of the molecule is CCC(C)[C@H](NC(=O)[C@@H]1CCCCN1)C(=O)O. The van der Waals surface area contributed by atoms with Crippen LogP contribution >= 0.6 is 0 Å². The monoisotopic (exact) mass is 242 g/mol. The Bertz CT molecular complexity index is 275. The molecule has 0 aromatic heterocycles. The molecule has 1 aliphatic rings. The highest BCUT2D eigenvalue weighted by Crippen LogP contribution is 2.11. The molecular formula is C12H22N2O3. The van der Waals surface area contributed by atoms with Crippen LogP contribution in [0.4, 0.5) is 0 Å². The number of hydrogen-bond donors (Lipinski definition) is 3. The van der Waals surface area contributed by atoms with Gasteiger partial charge in [-0.15, -0.1) is 0 Å². The first-order valence-electron chi connectivity index (χ1n) is 6.32. The molecule has 1 heterocycles. The average Bonchev–Trinajstić information content (AvgIpc) is 2.35. The third-order valence-corrected chi connectivity index (χ3v) is 3.40. The van der Waals surface area contributed by atoms with Crippen LogP contribution in [0.5, 0.6) is 0 Å². The van der Waals surface area contributed by atoms with Crippen molar-refractivity contribution in [2.24, 2.45) is 5.92 Å². The highest BCUT2D eigenvalue weighted by Gasteiger charge is 2.29. The molecule has 5 heteroatoms. The standard InChI is InChI=1S/C12H22N2O3/c1-3-8(2)10(12(16)17)14-11(15)9-6-4-5-7-13-9/h8-10,13H,3-7H2,1-2H3,(H,14,15)(H,16,17)/t8?,9-,10-/m0/s1. The van der Waals surface area contributed by atoms with Crippen LogP contribution in [-0.4, -0.2) is 35.6 Å². The van der Waals surface area contributed by atoms with Gasteiger partial charge < -0.3 is 15.7 Å². The lowest BCUT2D eigenvalue weighted by molar-refractivity contribution is -0.143. The van der Waals surface area contributed by atoms with E-state index in [0.717, 1.165) is 32.2 Å². The van der Waals surface area contributed by atoms with Gasteiger partial charge in [0.05, 0.1) is 6.04 Å². The maximum atomic E-state index is 11.9. The molecule has 5 nitrogen and oxygen atoms in total. The van der Waals surface area contributed by atoms with Gasteiger partial charge in [-0.05, 0) is 25.3 Å². The third-order valence-electron chi connectivity index (χ3n) is 3.40. The number of piperidine rings is 1. The maximum Gasteiger partial charge on any atom is 0.326 e. The highest BCUT2D eigenvalue weighted by atomic mass is 16.4. The summed E-state index contributed by atoms with van der Waals surface area (Å²) in [7, 11) is 0. The van der Waals surface area contributed by atoms with Gasteiger partial charge in [0.15, 0.2) is 0 Å². The van der Waals surface area contributed by atoms with E-state index < -0.39 is 12.0 Å². The Kier molecular flexibility index (Phi) is 5.41. The van der Waals surface area contributed by atoms with E-state index >= 15 is 0 Å². The lowest BCUT2D eigenvalue weighted by atomic mass is 9.98. The van der Waals surface area contributed by atoms with Crippen LogP contribution in [0.1, 0.15) is 39.5 Å². The molecule has 1 saturated heterocycles. The number of carbonyl (C=O) groups is 2. The lowest BCUT2D eigenvalue weighted by Gasteiger charge is -2.26. The minimum atomic E-state index is -0.955. The minimum absolute atomic E-state index is 0.0555. The summed E-state index contributed by atoms with van der Waals surface area (Å²) >= 11 is 0. The second-order valence-corrected chi connectivity index (χ2v) is 4.71. The fourth-order valence-corrected chi connectivity index (χ4v) is 2.01. The number of carbonyl (C=O) groups excluding carboxylic acids is 1. The first kappa shape index (κ1) is 14.0. The van der Waals surface area contributed by atoms with Gasteiger partial charge in [0.25, 0.3) is 0 Å². The summed E-state index contributed by atoms with van der Waals surface area (Å²) in [6.07, 6.45) is 3.62. The molecule has 0 saturated carbocycles. The molecule has 0 aromatic carbocycles. The molecule has 1 aliphatic heterocycles. The number of carboxylic acid groups (broad SMARTS) is 1. The maximum absolute atomic E-state index is 11.9. The van der Waals surface area contributed by atoms with Crippen molar-refractivity contribution in [2.75, 3.05) is 6.54 Å². The van der Waals surface area contributed by atoms with Crippen LogP contribution in [0, 0.1) is 5.92 Å². The third kappa shape index (κ3) is 4.00. The summed E-state index contributed by atoms with van der Waals surface area (Å²) in [4.78, 5) is 23.0. The van der Waals surface area contributed by atoms with Gasteiger partial charge in [0, 0.05) is 0 Å². The first-order valence-corrected chi connectivity index (χ1v) is 6.32. The van der Waals surface area contributed by atoms with E-state index in [1.54, 1.807) is 0 Å². The van der Waals surface area contributed by atoms with Crippen LogP contribution in [0.15, 0.2) is 0 Å². The van der Waals surface area contributed by atoms with E-state index in [1.807, 2.05) is 13.8 Å². The predicted molar refractivity (Wildman–Crippen MR) is 64.7 cm³/mol. The van der Waals surface area contributed by atoms with Crippen molar-refractivity contribution in [1.29, 1.82) is 0 Å². The van der Waals surface area contributed by atoms with Crippen LogP contribution in [0.2, 0.25) is 0 Å². The quantitative estimate of drug-likeness (QED) is 0.664. The number of amides is 1. The molecule has 0 spiro atoms. The summed E-state index contributed by atoms with van der Waals surface area (Å²) in [6.45, 7) is 4.60. The Morgan fingerprint density at radius 2 is 2.18 bits per heavy atom. The smallest absolute Gasteiger partial charge is 0.326 e. The Morgan fingerprint density at radius 1 is 1.47 bits per heavy atom. The highest BCUT2D eigenvalue weighted by molar-refractivity contribution is 5.87. The number of hydrogen-bond acceptors (Lipinski definition) is 3. The van der Waals surface area contributed by atoms with Crippen molar-refractivity contribution in [2.45, 2.75) is 51.6 Å². The van der Waals surface area contributed by atoms with Crippen molar-refractivity contribution < 1.29 is 14.7 Å². The van der Waals surface area contributed by atoms with Crippen molar-refractivity contribution >= 4 is 11.9 Å². The van der Waals surface area contributed by atoms with Gasteiger partial charge in [-0.2, -0.15) is 0 Å². The molecule has 98 valence electrons. The van der Waals surface area contributed by atoms with E-state index in [9.17, 15) is 9.59 Å². The van der Waals surface area contributed by atoms with E-state index in [0.29, 0.717) is 0 Å². The number of carboxylic acids is 1. The Balaban J connectivity index is 2.53. The van der Waals surface area contributed by atoms with Crippen LogP contribution < -0.4 is 10.6 Å². The predicted octanol–water partition coefficient (Wildman–Crippen LogP) is 0.744. The first-order chi connectivity index (χ1) is 8.06. The topological polar surface area (TPSA) is 78.4 Å². The van der Waals surface area contributed by atoms with E-state index in [4.69, 9.17) is 5.11 Å². The molecule has 0 bridgehead atoms. The largest absolute Gasteiger partial charge is 0.480 e. The number of aliphatic carboxylic acids is 1. The molecule has 3 N–H and O–H groups in total. The summed E-state index contributed by atoms with van der Waals surface area (Å²) in [5, 5.41) is 14.8. The van der Waals surface area contributed by atoms with Crippen molar-refractivity contribution in [3.8, 4) is 0 Å². The van der Waals surface area contributed by atoms with Gasteiger partial charge in [-0.1, -0.05) is 26.7 Å². The molecule has 0 aliphatic carbocycles. The molecule has 1 amide bonds. The molecule has 1 rings (SSSR count). The fourth-order valence-electron chi connectivity index (χ4n) is 2.01. The number of nitrogens with one attached hydrogen (secondary N) is 2. The lowest BCUT2D eigenvalue weighted by Crippen LogP contribution is -2.53. The summed E-state index contributed by atoms with van der Waals surface area (Å²) in [5.41, 5.74) is 0. The molecule has 0 radical (unpaired) electrons. The Morgan fingerprint density at radius 3 is 2.65 bits per heavy atom. The summed E-state index contributed by atoms with van der Waals surface area (Å²) in [5.74, 6) is -1.19. The summed E-state index contributed by atoms with van der Waals surface area (Å²) in [6, 6.07) is -1.01. The molecule has 1 unspecified atom stereocenters. The Hall–Kier alpha value is -1.10. The van der Waals surface area contributed by atoms with Gasteiger partial charge in [0.1, 0.15) is 6.04 Å². The van der Waals surface area contributed by atoms with Crippen LogP contribution in [0.3, 0.4) is 0 Å². The minimum Gasteiger partial charge on any atom is -0.480 e. The van der Waals surface area contributed by atoms with E-state index in [1.165, 1.54) is 0 Å². The number of rotatable bonds is 5. The average molecular weight is 242 g/mol. The van der Waals surface area contributed by atoms with Crippen molar-refractivity contribution in [1.82, 2.24) is 10.6 Å². The van der Waals surface area contributed by atoms with Gasteiger partial charge in [-0.25, -0.2) is 4.79 Å². The zero-order valence-corrected chi connectivity index (χ0v) is 10.5. The normalized spacial score (nSPS) is 23.8. The second-order valence-electron chi connectivity index (χ2n) is 4.71. The van der Waals surface area contributed by atoms with Gasteiger partial charge in [0.2, 0.25) is 5.91 Å². The van der Waals surface area contributed by atoms with Crippen molar-refractivity contribution in [3.05, 3.63) is 0 Å². The summed E-state index contributed by atoms with van der Waals surface area (Å²) < 4.78 is 0. The van der Waals surface area contributed by atoms with E-state index in [2.05, 4.69) is 10.6 Å². The van der Waals surface area contributed by atoms with Crippen LogP contribution in [0.25, 0.3) is 0 Å². The second kappa shape index (κ2) is 6.59. The van der Waals surface area contributed by atoms with Crippen molar-refractivity contribution in [3.63, 3.8) is 0 Å². The molecule has 17 heavy (non-hydrogen) atoms. The molecule has 1 fully saturated rings. The molecule has 0 aromatic rings. The van der Waals surface area contributed by atoms with Gasteiger partial charge >= 0.3 is 5.97 Å².